The van der Waals surface area contributed by atoms with Crippen molar-refractivity contribution in [1.29, 1.82) is 0 Å². The summed E-state index contributed by atoms with van der Waals surface area (Å²) in [5.41, 5.74) is 5.67. The molecule has 1 aliphatic heterocycles. The molecule has 0 amide bonds. The van der Waals surface area contributed by atoms with Gasteiger partial charge >= 0.3 is 0 Å². The largest absolute Gasteiger partial charge is 0.330 e. The zero-order chi connectivity index (χ0) is 13.5. The molecule has 0 aromatic rings. The van der Waals surface area contributed by atoms with E-state index < -0.39 is 0 Å². The molecular weight excluding hydrogens is 234 g/mol. The Hall–Kier alpha value is -0.120. The van der Waals surface area contributed by atoms with Gasteiger partial charge in [0, 0.05) is 25.7 Å². The first-order chi connectivity index (χ1) is 9.33. The summed E-state index contributed by atoms with van der Waals surface area (Å²) >= 11 is 0. The number of rotatable bonds is 8. The molecule has 0 radical (unpaired) electrons. The van der Waals surface area contributed by atoms with Crippen molar-refractivity contribution < 1.29 is 0 Å². The van der Waals surface area contributed by atoms with Crippen molar-refractivity contribution in [2.24, 2.45) is 11.7 Å². The van der Waals surface area contributed by atoms with Gasteiger partial charge in [-0.25, -0.2) is 0 Å². The maximum absolute atomic E-state index is 5.67. The van der Waals surface area contributed by atoms with Crippen LogP contribution in [0.2, 0.25) is 0 Å². The van der Waals surface area contributed by atoms with Crippen LogP contribution in [-0.4, -0.2) is 55.1 Å². The zero-order valence-corrected chi connectivity index (χ0v) is 12.8. The Morgan fingerprint density at radius 1 is 1.16 bits per heavy atom. The topological polar surface area (TPSA) is 32.5 Å². The molecule has 2 N–H and O–H groups in total. The SMILES string of the molecule is CCCN(CCN1CCC(CCN)C1)C1CCCC1. The fourth-order valence-electron chi connectivity index (χ4n) is 3.89. The van der Waals surface area contributed by atoms with Gasteiger partial charge in [-0.1, -0.05) is 19.8 Å². The van der Waals surface area contributed by atoms with E-state index in [1.165, 1.54) is 77.7 Å². The second kappa shape index (κ2) is 8.23. The van der Waals surface area contributed by atoms with Gasteiger partial charge in [0.2, 0.25) is 0 Å². The van der Waals surface area contributed by atoms with E-state index in [4.69, 9.17) is 5.73 Å². The van der Waals surface area contributed by atoms with Crippen LogP contribution >= 0.6 is 0 Å². The predicted molar refractivity (Wildman–Crippen MR) is 82.3 cm³/mol. The first kappa shape index (κ1) is 15.3. The van der Waals surface area contributed by atoms with E-state index in [1.54, 1.807) is 0 Å². The predicted octanol–water partition coefficient (Wildman–Crippen LogP) is 2.31. The molecule has 19 heavy (non-hydrogen) atoms. The van der Waals surface area contributed by atoms with E-state index in [2.05, 4.69) is 16.7 Å². The Balaban J connectivity index is 1.70. The van der Waals surface area contributed by atoms with Crippen molar-refractivity contribution in [2.75, 3.05) is 39.3 Å². The summed E-state index contributed by atoms with van der Waals surface area (Å²) in [5.74, 6) is 0.871. The molecule has 3 nitrogen and oxygen atoms in total. The molecule has 1 heterocycles. The van der Waals surface area contributed by atoms with Crippen LogP contribution in [0.15, 0.2) is 0 Å². The Morgan fingerprint density at radius 3 is 2.63 bits per heavy atom. The fraction of sp³-hybridized carbons (Fsp3) is 1.00. The van der Waals surface area contributed by atoms with E-state index >= 15 is 0 Å². The minimum atomic E-state index is 0.864. The van der Waals surface area contributed by atoms with Crippen LogP contribution in [0.25, 0.3) is 0 Å². The van der Waals surface area contributed by atoms with Crippen molar-refractivity contribution >= 4 is 0 Å². The molecule has 1 saturated carbocycles. The molecule has 1 aliphatic carbocycles. The van der Waals surface area contributed by atoms with Gasteiger partial charge in [-0.2, -0.15) is 0 Å². The minimum absolute atomic E-state index is 0.864. The third-order valence-electron chi connectivity index (χ3n) is 5.00. The Kier molecular flexibility index (Phi) is 6.62. The van der Waals surface area contributed by atoms with Crippen LogP contribution in [0.4, 0.5) is 0 Å². The highest BCUT2D eigenvalue weighted by Crippen LogP contribution is 2.24. The summed E-state index contributed by atoms with van der Waals surface area (Å²) in [4.78, 5) is 5.43. The third kappa shape index (κ3) is 4.73. The van der Waals surface area contributed by atoms with Crippen LogP contribution in [0.3, 0.4) is 0 Å². The summed E-state index contributed by atoms with van der Waals surface area (Å²) in [6.07, 6.45) is 9.67. The molecule has 112 valence electrons. The summed E-state index contributed by atoms with van der Waals surface area (Å²) in [6, 6.07) is 0.891. The second-order valence-corrected chi connectivity index (χ2v) is 6.51. The van der Waals surface area contributed by atoms with Crippen molar-refractivity contribution in [1.82, 2.24) is 9.80 Å². The molecule has 2 aliphatic rings. The number of nitrogens with two attached hydrogens (primary N) is 1. The lowest BCUT2D eigenvalue weighted by molar-refractivity contribution is 0.170. The quantitative estimate of drug-likeness (QED) is 0.732. The first-order valence-corrected chi connectivity index (χ1v) is 8.50. The van der Waals surface area contributed by atoms with Gasteiger partial charge in [0.25, 0.3) is 0 Å². The van der Waals surface area contributed by atoms with Crippen LogP contribution in [0.1, 0.15) is 51.9 Å². The number of nitrogens with zero attached hydrogens (tertiary/aromatic N) is 2. The molecule has 0 spiro atoms. The van der Waals surface area contributed by atoms with Crippen molar-refractivity contribution in [3.05, 3.63) is 0 Å². The summed E-state index contributed by atoms with van der Waals surface area (Å²) in [7, 11) is 0. The van der Waals surface area contributed by atoms with Gasteiger partial charge in [-0.05, 0) is 57.7 Å². The number of likely N-dealkylation sites (tertiary alicyclic amines) is 1. The van der Waals surface area contributed by atoms with E-state index in [-0.39, 0.29) is 0 Å². The normalized spacial score (nSPS) is 25.7. The highest BCUT2D eigenvalue weighted by atomic mass is 15.2. The van der Waals surface area contributed by atoms with Crippen molar-refractivity contribution in [2.45, 2.75) is 57.9 Å². The monoisotopic (exact) mass is 267 g/mol. The van der Waals surface area contributed by atoms with E-state index in [1.807, 2.05) is 0 Å². The number of hydrogen-bond donors (Lipinski definition) is 1. The van der Waals surface area contributed by atoms with Gasteiger partial charge in [0.05, 0.1) is 0 Å². The first-order valence-electron chi connectivity index (χ1n) is 8.50. The van der Waals surface area contributed by atoms with Gasteiger partial charge in [-0.3, -0.25) is 4.90 Å². The van der Waals surface area contributed by atoms with Gasteiger partial charge in [-0.15, -0.1) is 0 Å². The lowest BCUT2D eigenvalue weighted by Crippen LogP contribution is -2.40. The maximum Gasteiger partial charge on any atom is 0.0112 e. The molecule has 3 heteroatoms. The standard InChI is InChI=1S/C16H33N3/c1-2-10-19(16-5-3-4-6-16)13-12-18-11-8-15(14-18)7-9-17/h15-16H,2-14,17H2,1H3. The maximum atomic E-state index is 5.67. The zero-order valence-electron chi connectivity index (χ0n) is 12.8. The molecule has 0 bridgehead atoms. The second-order valence-electron chi connectivity index (χ2n) is 6.51. The molecule has 1 saturated heterocycles. The van der Waals surface area contributed by atoms with Crippen LogP contribution in [-0.2, 0) is 0 Å². The van der Waals surface area contributed by atoms with Gasteiger partial charge in [0.15, 0.2) is 0 Å². The summed E-state index contributed by atoms with van der Waals surface area (Å²) < 4.78 is 0. The molecule has 2 fully saturated rings. The fourth-order valence-corrected chi connectivity index (χ4v) is 3.89. The average molecular weight is 267 g/mol. The smallest absolute Gasteiger partial charge is 0.0112 e. The summed E-state index contributed by atoms with van der Waals surface area (Å²) in [6.45, 7) is 9.63. The molecule has 1 atom stereocenters. The molecule has 2 rings (SSSR count). The highest BCUT2D eigenvalue weighted by Gasteiger charge is 2.25. The average Bonchev–Trinajstić information content (AvgIpc) is 3.06. The van der Waals surface area contributed by atoms with Crippen molar-refractivity contribution in [3.8, 4) is 0 Å². The Bertz CT molecular complexity index is 238. The molecule has 0 aromatic heterocycles. The Morgan fingerprint density at radius 2 is 1.95 bits per heavy atom. The van der Waals surface area contributed by atoms with E-state index in [0.717, 1.165) is 18.5 Å². The lowest BCUT2D eigenvalue weighted by atomic mass is 10.1. The minimum Gasteiger partial charge on any atom is -0.330 e. The van der Waals surface area contributed by atoms with Gasteiger partial charge in [0.1, 0.15) is 0 Å². The van der Waals surface area contributed by atoms with Crippen molar-refractivity contribution in [3.63, 3.8) is 0 Å². The van der Waals surface area contributed by atoms with E-state index in [0.29, 0.717) is 0 Å². The highest BCUT2D eigenvalue weighted by molar-refractivity contribution is 4.80. The summed E-state index contributed by atoms with van der Waals surface area (Å²) in [5, 5.41) is 0. The van der Waals surface area contributed by atoms with E-state index in [9.17, 15) is 0 Å². The molecule has 1 unspecified atom stereocenters. The molecule has 0 aromatic carbocycles. The van der Waals surface area contributed by atoms with Gasteiger partial charge < -0.3 is 10.6 Å². The third-order valence-corrected chi connectivity index (χ3v) is 5.00. The van der Waals surface area contributed by atoms with Crippen LogP contribution < -0.4 is 5.73 Å². The Labute approximate surface area is 119 Å². The molecular formula is C16H33N3. The van der Waals surface area contributed by atoms with Crippen LogP contribution in [0, 0.1) is 5.92 Å². The number of hydrogen-bond acceptors (Lipinski definition) is 3. The van der Waals surface area contributed by atoms with Crippen LogP contribution in [0.5, 0.6) is 0 Å². The lowest BCUT2D eigenvalue weighted by Gasteiger charge is -2.30.